The van der Waals surface area contributed by atoms with Crippen LogP contribution >= 0.6 is 0 Å². The van der Waals surface area contributed by atoms with E-state index in [4.69, 9.17) is 14.2 Å². The first-order chi connectivity index (χ1) is 26.5. The maximum atomic E-state index is 13.0. The predicted octanol–water partition coefficient (Wildman–Crippen LogP) is 4.02. The molecule has 55 heavy (non-hydrogen) atoms. The van der Waals surface area contributed by atoms with Gasteiger partial charge in [0, 0.05) is 70.1 Å². The fourth-order valence-electron chi connectivity index (χ4n) is 8.27. The summed E-state index contributed by atoms with van der Waals surface area (Å²) in [6.45, 7) is 12.5. The Morgan fingerprint density at radius 2 is 1.51 bits per heavy atom. The number of fused-ring (bicyclic) bond motifs is 7. The molecule has 2 amide bonds. The van der Waals surface area contributed by atoms with Crippen LogP contribution in [0.2, 0.25) is 0 Å². The molecular weight excluding hydrogens is 702 g/mol. The molecule has 1 aromatic carbocycles. The van der Waals surface area contributed by atoms with E-state index in [1.165, 1.54) is 0 Å². The number of nitrogens with zero attached hydrogens (tertiary/aromatic N) is 4. The fourth-order valence-corrected chi connectivity index (χ4v) is 8.27. The molecule has 4 aliphatic heterocycles. The maximum absolute atomic E-state index is 13.0. The molecule has 5 rings (SSSR count). The fraction of sp³-hybridized carbons (Fsp3) is 0.738. The number of rotatable bonds is 14. The van der Waals surface area contributed by atoms with Crippen LogP contribution in [0.15, 0.2) is 24.3 Å². The quantitative estimate of drug-likeness (QED) is 0.217. The molecule has 4 bridgehead atoms. The SMILES string of the molecule is CC(C)[C@@H]1CCCN1C(=O)[C@@H](C)NC(=O)c1ccc(CCC(=O)CCCCCCN2CCC3CCN4CCOC(OC(=O)C3)OC(=O)CN(CC2)CC4)cc1. The molecule has 6 atom stereocenters. The molecule has 0 saturated carbocycles. The smallest absolute Gasteiger partial charge is 0.365 e. The lowest BCUT2D eigenvalue weighted by Crippen LogP contribution is -2.49. The van der Waals surface area contributed by atoms with Gasteiger partial charge in [0.15, 0.2) is 0 Å². The number of ether oxygens (including phenoxy) is 3. The van der Waals surface area contributed by atoms with E-state index >= 15 is 0 Å². The molecule has 13 nitrogen and oxygen atoms in total. The van der Waals surface area contributed by atoms with Crippen molar-refractivity contribution in [3.8, 4) is 0 Å². The second kappa shape index (κ2) is 21.8. The van der Waals surface area contributed by atoms with Crippen LogP contribution in [-0.2, 0) is 39.8 Å². The van der Waals surface area contributed by atoms with Crippen LogP contribution < -0.4 is 5.32 Å². The first kappa shape index (κ1) is 42.7. The number of nitrogens with one attached hydrogen (secondary N) is 1. The molecule has 4 unspecified atom stereocenters. The Kier molecular flexibility index (Phi) is 16.9. The lowest BCUT2D eigenvalue weighted by atomic mass is 9.96. The molecule has 4 aliphatic rings. The van der Waals surface area contributed by atoms with Crippen molar-refractivity contribution in [3.63, 3.8) is 0 Å². The molecule has 306 valence electrons. The van der Waals surface area contributed by atoms with Crippen molar-refractivity contribution in [3.05, 3.63) is 35.4 Å². The molecule has 1 aromatic rings. The van der Waals surface area contributed by atoms with Gasteiger partial charge in [-0.3, -0.25) is 33.8 Å². The van der Waals surface area contributed by atoms with Crippen molar-refractivity contribution in [1.82, 2.24) is 24.9 Å². The van der Waals surface area contributed by atoms with E-state index in [1.807, 2.05) is 17.0 Å². The van der Waals surface area contributed by atoms with Gasteiger partial charge in [0.1, 0.15) is 11.8 Å². The molecule has 4 heterocycles. The normalized spacial score (nSPS) is 26.3. The number of aryl methyl sites for hydroxylation is 1. The minimum absolute atomic E-state index is 0.0239. The van der Waals surface area contributed by atoms with Crippen LogP contribution in [0.4, 0.5) is 0 Å². The standard InChI is InChI=1S/C42H65N5O8/c1-31(2)37-10-8-20-47(37)41(52)32(3)43-40(51)35-14-11-33(12-15-35)13-16-36(48)9-6-4-5-7-19-44-21-17-34-18-22-45-24-26-46(25-23-44)30-39(50)55-42(53-28-27-45)54-38(49)29-34/h11-12,14-15,31-32,34,37,42H,4-10,13,16-30H2,1-3H3,(H,43,51)/t32-,34?,37+,42?/m1/s1. The monoisotopic (exact) mass is 767 g/mol. The van der Waals surface area contributed by atoms with Gasteiger partial charge >= 0.3 is 18.4 Å². The molecule has 0 aromatic heterocycles. The third kappa shape index (κ3) is 13.9. The highest BCUT2D eigenvalue weighted by atomic mass is 16.9. The summed E-state index contributed by atoms with van der Waals surface area (Å²) in [4.78, 5) is 73.1. The van der Waals surface area contributed by atoms with Crippen molar-refractivity contribution in [2.75, 3.05) is 72.1 Å². The number of ketones is 1. The Hall–Kier alpha value is -3.39. The van der Waals surface area contributed by atoms with Crippen molar-refractivity contribution in [2.24, 2.45) is 11.8 Å². The van der Waals surface area contributed by atoms with E-state index in [-0.39, 0.29) is 42.5 Å². The summed E-state index contributed by atoms with van der Waals surface area (Å²) in [5.74, 6) is -0.310. The highest BCUT2D eigenvalue weighted by Crippen LogP contribution is 2.25. The zero-order chi connectivity index (χ0) is 39.2. The van der Waals surface area contributed by atoms with Crippen molar-refractivity contribution >= 4 is 29.5 Å². The van der Waals surface area contributed by atoms with Crippen LogP contribution in [0, 0.1) is 11.8 Å². The van der Waals surface area contributed by atoms with Gasteiger partial charge in [-0.2, -0.15) is 0 Å². The molecular formula is C42H65N5O8. The van der Waals surface area contributed by atoms with E-state index in [9.17, 15) is 24.0 Å². The Balaban J connectivity index is 0.997. The Labute approximate surface area is 327 Å². The number of unbranched alkanes of at least 4 members (excludes halogenated alkanes) is 3. The lowest BCUT2D eigenvalue weighted by Gasteiger charge is -2.32. The Bertz CT molecular complexity index is 1390. The minimum atomic E-state index is -1.29. The van der Waals surface area contributed by atoms with Crippen LogP contribution in [0.3, 0.4) is 0 Å². The summed E-state index contributed by atoms with van der Waals surface area (Å²) in [6, 6.07) is 6.98. The number of hydrogen-bond donors (Lipinski definition) is 1. The first-order valence-electron chi connectivity index (χ1n) is 20.9. The van der Waals surface area contributed by atoms with E-state index in [1.54, 1.807) is 19.1 Å². The highest BCUT2D eigenvalue weighted by molar-refractivity contribution is 5.97. The largest absolute Gasteiger partial charge is 0.400 e. The summed E-state index contributed by atoms with van der Waals surface area (Å²) in [6.07, 6.45) is 9.70. The number of carbonyl (C=O) groups is 5. The van der Waals surface area contributed by atoms with Crippen LogP contribution in [0.5, 0.6) is 0 Å². The summed E-state index contributed by atoms with van der Waals surface area (Å²) < 4.78 is 16.5. The van der Waals surface area contributed by atoms with Crippen LogP contribution in [0.25, 0.3) is 0 Å². The summed E-state index contributed by atoms with van der Waals surface area (Å²) >= 11 is 0. The highest BCUT2D eigenvalue weighted by Gasteiger charge is 2.34. The minimum Gasteiger partial charge on any atom is -0.400 e. The van der Waals surface area contributed by atoms with Crippen molar-refractivity contribution in [1.29, 1.82) is 0 Å². The average molecular weight is 768 g/mol. The number of likely N-dealkylation sites (tertiary alicyclic amines) is 1. The topological polar surface area (TPSA) is 138 Å². The number of carbonyl (C=O) groups excluding carboxylic acids is 5. The summed E-state index contributed by atoms with van der Waals surface area (Å²) in [5, 5.41) is 2.87. The summed E-state index contributed by atoms with van der Waals surface area (Å²) in [5.41, 5.74) is 1.52. The van der Waals surface area contributed by atoms with Crippen molar-refractivity contribution in [2.45, 2.75) is 116 Å². The van der Waals surface area contributed by atoms with Gasteiger partial charge in [-0.1, -0.05) is 38.8 Å². The Morgan fingerprint density at radius 3 is 2.31 bits per heavy atom. The van der Waals surface area contributed by atoms with Crippen molar-refractivity contribution < 1.29 is 38.2 Å². The van der Waals surface area contributed by atoms with Gasteiger partial charge in [-0.25, -0.2) is 0 Å². The van der Waals surface area contributed by atoms with Gasteiger partial charge < -0.3 is 29.3 Å². The zero-order valence-corrected chi connectivity index (χ0v) is 33.5. The molecule has 4 fully saturated rings. The van der Waals surface area contributed by atoms with Gasteiger partial charge in [-0.05, 0) is 101 Å². The Morgan fingerprint density at radius 1 is 0.782 bits per heavy atom. The van der Waals surface area contributed by atoms with E-state index in [2.05, 4.69) is 33.9 Å². The van der Waals surface area contributed by atoms with E-state index < -0.39 is 24.5 Å². The van der Waals surface area contributed by atoms with Gasteiger partial charge in [-0.15, -0.1) is 0 Å². The molecule has 0 aliphatic carbocycles. The predicted molar refractivity (Wildman–Crippen MR) is 208 cm³/mol. The third-order valence-electron chi connectivity index (χ3n) is 11.8. The molecule has 13 heteroatoms. The molecule has 4 saturated heterocycles. The van der Waals surface area contributed by atoms with Crippen LogP contribution in [0.1, 0.15) is 107 Å². The second-order valence-corrected chi connectivity index (χ2v) is 16.3. The maximum Gasteiger partial charge on any atom is 0.365 e. The summed E-state index contributed by atoms with van der Waals surface area (Å²) in [7, 11) is 0. The van der Waals surface area contributed by atoms with Gasteiger partial charge in [0.05, 0.1) is 13.2 Å². The second-order valence-electron chi connectivity index (χ2n) is 16.3. The number of esters is 2. The lowest BCUT2D eigenvalue weighted by molar-refractivity contribution is -0.266. The van der Waals surface area contributed by atoms with Crippen LogP contribution in [-0.4, -0.2) is 140 Å². The zero-order valence-electron chi connectivity index (χ0n) is 33.5. The van der Waals surface area contributed by atoms with E-state index in [0.29, 0.717) is 43.9 Å². The number of hydrogen-bond acceptors (Lipinski definition) is 11. The number of amides is 2. The van der Waals surface area contributed by atoms with Gasteiger partial charge in [0.25, 0.3) is 5.91 Å². The first-order valence-corrected chi connectivity index (χ1v) is 20.9. The molecule has 0 spiro atoms. The number of benzene rings is 1. The van der Waals surface area contributed by atoms with Gasteiger partial charge in [0.2, 0.25) is 5.91 Å². The third-order valence-corrected chi connectivity index (χ3v) is 11.8. The average Bonchev–Trinajstić information content (AvgIpc) is 3.64. The molecule has 1 N–H and O–H groups in total. The van der Waals surface area contributed by atoms with E-state index in [0.717, 1.165) is 109 Å². The number of Topliss-reactive ketones (excluding diaryl/α,β-unsaturated/α-hetero) is 1. The molecule has 0 radical (unpaired) electrons.